The van der Waals surface area contributed by atoms with Gasteiger partial charge >= 0.3 is 0 Å². The van der Waals surface area contributed by atoms with Gasteiger partial charge < -0.3 is 10.2 Å². The Balaban J connectivity index is 1.84. The van der Waals surface area contributed by atoms with Crippen molar-refractivity contribution in [3.8, 4) is 0 Å². The average molecular weight is 266 g/mol. The number of nitrogens with one attached hydrogen (secondary N) is 1. The minimum absolute atomic E-state index is 0.00440. The maximum atomic E-state index is 12.4. The molecule has 0 bridgehead atoms. The van der Waals surface area contributed by atoms with Gasteiger partial charge in [-0.05, 0) is 44.9 Å². The molecule has 3 unspecified atom stereocenters. The van der Waals surface area contributed by atoms with E-state index in [1.165, 1.54) is 51.4 Å². The fourth-order valence-corrected chi connectivity index (χ4v) is 3.70. The fraction of sp³-hybridized carbons (Fsp3) is 0.938. The number of rotatable bonds is 4. The van der Waals surface area contributed by atoms with Crippen molar-refractivity contribution in [1.82, 2.24) is 10.2 Å². The highest BCUT2D eigenvalue weighted by molar-refractivity contribution is 5.81. The molecule has 0 spiro atoms. The molecule has 1 N–H and O–H groups in total. The van der Waals surface area contributed by atoms with Crippen LogP contribution in [0.3, 0.4) is 0 Å². The van der Waals surface area contributed by atoms with E-state index in [2.05, 4.69) is 24.1 Å². The van der Waals surface area contributed by atoms with E-state index in [0.717, 1.165) is 19.0 Å². The Morgan fingerprint density at radius 3 is 2.53 bits per heavy atom. The molecular weight excluding hydrogens is 236 g/mol. The molecule has 0 aromatic rings. The summed E-state index contributed by atoms with van der Waals surface area (Å²) in [7, 11) is 0. The summed E-state index contributed by atoms with van der Waals surface area (Å²) in [5.41, 5.74) is 0. The van der Waals surface area contributed by atoms with E-state index in [0.29, 0.717) is 11.9 Å². The molecule has 2 fully saturated rings. The van der Waals surface area contributed by atoms with Gasteiger partial charge in [-0.25, -0.2) is 0 Å². The third-order valence-electron chi connectivity index (χ3n) is 4.94. The lowest BCUT2D eigenvalue weighted by molar-refractivity contribution is -0.134. The standard InChI is InChI=1S/C16H30N2O/c1-3-14-9-5-6-10-15(14)17-13(2)16(19)18-11-7-4-8-12-18/h13-15,17H,3-12H2,1-2H3. The second-order valence-electron chi connectivity index (χ2n) is 6.33. The van der Waals surface area contributed by atoms with Crippen LogP contribution in [-0.2, 0) is 4.79 Å². The molecule has 3 nitrogen and oxygen atoms in total. The number of likely N-dealkylation sites (tertiary alicyclic amines) is 1. The van der Waals surface area contributed by atoms with Crippen LogP contribution >= 0.6 is 0 Å². The van der Waals surface area contributed by atoms with E-state index < -0.39 is 0 Å². The van der Waals surface area contributed by atoms with Crippen LogP contribution in [-0.4, -0.2) is 36.0 Å². The summed E-state index contributed by atoms with van der Waals surface area (Å²) < 4.78 is 0. The molecule has 110 valence electrons. The normalized spacial score (nSPS) is 30.1. The summed E-state index contributed by atoms with van der Waals surface area (Å²) in [6.45, 7) is 6.26. The number of hydrogen-bond donors (Lipinski definition) is 1. The molecule has 2 aliphatic rings. The molecule has 1 saturated heterocycles. The highest BCUT2D eigenvalue weighted by Crippen LogP contribution is 2.27. The maximum Gasteiger partial charge on any atom is 0.239 e. The van der Waals surface area contributed by atoms with Crippen molar-refractivity contribution in [1.29, 1.82) is 0 Å². The van der Waals surface area contributed by atoms with Crippen molar-refractivity contribution in [2.75, 3.05) is 13.1 Å². The lowest BCUT2D eigenvalue weighted by atomic mass is 9.82. The molecule has 2 rings (SSSR count). The minimum atomic E-state index is -0.00440. The molecular formula is C16H30N2O. The topological polar surface area (TPSA) is 32.3 Å². The summed E-state index contributed by atoms with van der Waals surface area (Å²) >= 11 is 0. The average Bonchev–Trinajstić information content (AvgIpc) is 2.48. The molecule has 0 radical (unpaired) electrons. The zero-order valence-corrected chi connectivity index (χ0v) is 12.7. The van der Waals surface area contributed by atoms with Gasteiger partial charge in [0, 0.05) is 19.1 Å². The molecule has 1 aliphatic carbocycles. The Bertz CT molecular complexity index is 286. The molecule has 1 heterocycles. The van der Waals surface area contributed by atoms with E-state index in [1.807, 2.05) is 0 Å². The van der Waals surface area contributed by atoms with Crippen molar-refractivity contribution >= 4 is 5.91 Å². The highest BCUT2D eigenvalue weighted by Gasteiger charge is 2.28. The maximum absolute atomic E-state index is 12.4. The third kappa shape index (κ3) is 3.95. The van der Waals surface area contributed by atoms with E-state index in [4.69, 9.17) is 0 Å². The zero-order valence-electron chi connectivity index (χ0n) is 12.7. The molecule has 0 aromatic heterocycles. The van der Waals surface area contributed by atoms with Crippen LogP contribution in [0.5, 0.6) is 0 Å². The smallest absolute Gasteiger partial charge is 0.239 e. The van der Waals surface area contributed by atoms with Crippen LogP contribution in [0.1, 0.15) is 65.2 Å². The van der Waals surface area contributed by atoms with Crippen molar-refractivity contribution in [3.05, 3.63) is 0 Å². The molecule has 1 amide bonds. The second kappa shape index (κ2) is 7.28. The monoisotopic (exact) mass is 266 g/mol. The third-order valence-corrected chi connectivity index (χ3v) is 4.94. The van der Waals surface area contributed by atoms with Crippen molar-refractivity contribution in [2.45, 2.75) is 77.3 Å². The molecule has 1 saturated carbocycles. The van der Waals surface area contributed by atoms with Gasteiger partial charge in [0.25, 0.3) is 0 Å². The molecule has 19 heavy (non-hydrogen) atoms. The van der Waals surface area contributed by atoms with E-state index in [9.17, 15) is 4.79 Å². The highest BCUT2D eigenvalue weighted by atomic mass is 16.2. The first-order valence-electron chi connectivity index (χ1n) is 8.27. The van der Waals surface area contributed by atoms with Gasteiger partial charge in [0.2, 0.25) is 5.91 Å². The predicted octanol–water partition coefficient (Wildman–Crippen LogP) is 2.95. The predicted molar refractivity (Wildman–Crippen MR) is 79.1 cm³/mol. The van der Waals surface area contributed by atoms with Crippen LogP contribution in [0.4, 0.5) is 0 Å². The summed E-state index contributed by atoms with van der Waals surface area (Å²) in [5.74, 6) is 1.09. The van der Waals surface area contributed by atoms with Crippen LogP contribution in [0.25, 0.3) is 0 Å². The number of hydrogen-bond acceptors (Lipinski definition) is 2. The van der Waals surface area contributed by atoms with Gasteiger partial charge in [0.05, 0.1) is 6.04 Å². The Kier molecular flexibility index (Phi) is 5.68. The van der Waals surface area contributed by atoms with E-state index in [1.54, 1.807) is 0 Å². The summed E-state index contributed by atoms with van der Waals surface area (Å²) in [6, 6.07) is 0.553. The number of nitrogens with zero attached hydrogens (tertiary/aromatic N) is 1. The summed E-state index contributed by atoms with van der Waals surface area (Å²) in [6.07, 6.45) is 10.1. The van der Waals surface area contributed by atoms with Gasteiger partial charge in [-0.1, -0.05) is 26.2 Å². The molecule has 3 atom stereocenters. The van der Waals surface area contributed by atoms with Crippen LogP contribution < -0.4 is 5.32 Å². The lowest BCUT2D eigenvalue weighted by Crippen LogP contribution is -2.51. The Labute approximate surface area is 118 Å². The van der Waals surface area contributed by atoms with Gasteiger partial charge in [-0.15, -0.1) is 0 Å². The second-order valence-corrected chi connectivity index (χ2v) is 6.33. The van der Waals surface area contributed by atoms with Crippen LogP contribution in [0.15, 0.2) is 0 Å². The van der Waals surface area contributed by atoms with Gasteiger partial charge in [-0.2, -0.15) is 0 Å². The zero-order chi connectivity index (χ0) is 13.7. The van der Waals surface area contributed by atoms with Crippen LogP contribution in [0, 0.1) is 5.92 Å². The molecule has 3 heteroatoms. The van der Waals surface area contributed by atoms with E-state index in [-0.39, 0.29) is 6.04 Å². The van der Waals surface area contributed by atoms with Crippen molar-refractivity contribution < 1.29 is 4.79 Å². The fourth-order valence-electron chi connectivity index (χ4n) is 3.70. The Morgan fingerprint density at radius 1 is 1.16 bits per heavy atom. The Hall–Kier alpha value is -0.570. The van der Waals surface area contributed by atoms with Crippen molar-refractivity contribution in [2.24, 2.45) is 5.92 Å². The SMILES string of the molecule is CCC1CCCCC1NC(C)C(=O)N1CCCCC1. The summed E-state index contributed by atoms with van der Waals surface area (Å²) in [5, 5.41) is 3.63. The number of carbonyl (C=O) groups is 1. The van der Waals surface area contributed by atoms with Gasteiger partial charge in [0.15, 0.2) is 0 Å². The van der Waals surface area contributed by atoms with Crippen molar-refractivity contribution in [3.63, 3.8) is 0 Å². The number of carbonyl (C=O) groups excluding carboxylic acids is 1. The van der Waals surface area contributed by atoms with E-state index >= 15 is 0 Å². The first-order valence-corrected chi connectivity index (χ1v) is 8.27. The lowest BCUT2D eigenvalue weighted by Gasteiger charge is -2.35. The first-order chi connectivity index (χ1) is 9.22. The molecule has 1 aliphatic heterocycles. The Morgan fingerprint density at radius 2 is 1.84 bits per heavy atom. The largest absolute Gasteiger partial charge is 0.341 e. The molecule has 0 aromatic carbocycles. The van der Waals surface area contributed by atoms with Gasteiger partial charge in [-0.3, -0.25) is 4.79 Å². The first kappa shape index (κ1) is 14.8. The summed E-state index contributed by atoms with van der Waals surface area (Å²) in [4.78, 5) is 14.5. The number of piperidine rings is 1. The quantitative estimate of drug-likeness (QED) is 0.848. The minimum Gasteiger partial charge on any atom is -0.341 e. The van der Waals surface area contributed by atoms with Crippen LogP contribution in [0.2, 0.25) is 0 Å². The number of amides is 1. The van der Waals surface area contributed by atoms with Gasteiger partial charge in [0.1, 0.15) is 0 Å².